The molecule has 0 fully saturated rings. The molecule has 0 aromatic rings. The van der Waals surface area contributed by atoms with Crippen LogP contribution in [0.4, 0.5) is 0 Å². The first-order chi connectivity index (χ1) is 3.35. The maximum absolute atomic E-state index is 8.17. The number of rotatable bonds is 3. The van der Waals surface area contributed by atoms with E-state index in [-0.39, 0.29) is 42.7 Å². The molecule has 58 valence electrons. The van der Waals surface area contributed by atoms with Crippen LogP contribution < -0.4 is 0 Å². The number of hydrogen-bond acceptors (Lipinski definition) is 3. The van der Waals surface area contributed by atoms with Crippen LogP contribution in [0.25, 0.3) is 0 Å². The predicted molar refractivity (Wildman–Crippen MR) is 28.1 cm³/mol. The Morgan fingerprint density at radius 1 is 0.889 bits per heavy atom. The minimum Gasteiger partial charge on any atom is -0.428 e. The van der Waals surface area contributed by atoms with E-state index in [1.54, 1.807) is 0 Å². The molecule has 5 N–H and O–H groups in total. The molecule has 0 unspecified atom stereocenters. The van der Waals surface area contributed by atoms with Crippen LogP contribution in [-0.4, -0.2) is 40.6 Å². The van der Waals surface area contributed by atoms with Crippen molar-refractivity contribution in [1.29, 1.82) is 0 Å². The summed E-state index contributed by atoms with van der Waals surface area (Å²) in [6.07, 6.45) is 0. The number of aliphatic hydroxyl groups is 3. The first-order valence-electron chi connectivity index (χ1n) is 2.01. The van der Waals surface area contributed by atoms with Gasteiger partial charge >= 0.3 is 0 Å². The van der Waals surface area contributed by atoms with Crippen molar-refractivity contribution in [3.63, 3.8) is 0 Å². The Balaban J connectivity index is -0.000000180. The monoisotopic (exact) mass is 175 g/mol. The summed E-state index contributed by atoms with van der Waals surface area (Å²) in [4.78, 5) is 0. The van der Waals surface area contributed by atoms with Gasteiger partial charge in [0.05, 0.1) is 0 Å². The van der Waals surface area contributed by atoms with Crippen LogP contribution in [0.2, 0.25) is 0 Å². The minimum absolute atomic E-state index is 0. The van der Waals surface area contributed by atoms with Crippen molar-refractivity contribution in [2.75, 3.05) is 19.8 Å². The largest absolute Gasteiger partial charge is 0.428 e. The predicted octanol–water partition coefficient (Wildman–Crippen LogP) is -2.29. The van der Waals surface area contributed by atoms with E-state index in [0.717, 1.165) is 0 Å². The molecule has 5 heteroatoms. The fraction of sp³-hybridized carbons (Fsp3) is 0.750. The second-order valence-corrected chi connectivity index (χ2v) is 1.22. The molecule has 0 aromatic carbocycles. The zero-order chi connectivity index (χ0) is 5.70. The average molecular weight is 175 g/mol. The molecule has 0 rings (SSSR count). The fourth-order valence-electron chi connectivity index (χ4n) is 0.150. The van der Waals surface area contributed by atoms with Crippen LogP contribution in [-0.2, 0) is 17.4 Å². The Kier molecular flexibility index (Phi) is 20.1. The second kappa shape index (κ2) is 11.2. The smallest absolute Gasteiger partial charge is 0 e. The fourth-order valence-corrected chi connectivity index (χ4v) is 0.150. The van der Waals surface area contributed by atoms with E-state index in [0.29, 0.717) is 5.92 Å². The summed E-state index contributed by atoms with van der Waals surface area (Å²) in [5.74, 6) is 0.347. The summed E-state index contributed by atoms with van der Waals surface area (Å²) in [7, 11) is 0. The first-order valence-corrected chi connectivity index (χ1v) is 2.01. The number of aliphatic hydroxyl groups excluding tert-OH is 3. The molecule has 9 heavy (non-hydrogen) atoms. The second-order valence-electron chi connectivity index (χ2n) is 1.22. The minimum atomic E-state index is -0.229. The molecular weight excluding hydrogens is 164 g/mol. The van der Waals surface area contributed by atoms with Crippen LogP contribution in [0.15, 0.2) is 0 Å². The molecule has 0 radical (unpaired) electrons. The maximum Gasteiger partial charge on any atom is 0 e. The van der Waals surface area contributed by atoms with E-state index in [1.807, 2.05) is 0 Å². The third kappa shape index (κ3) is 8.37. The molecule has 0 aliphatic rings. The van der Waals surface area contributed by atoms with E-state index in [9.17, 15) is 0 Å². The Hall–Kier alpha value is 0.372. The first kappa shape index (κ1) is 16.2. The summed E-state index contributed by atoms with van der Waals surface area (Å²) in [6.45, 7) is -0.688. The molecule has 4 nitrogen and oxygen atoms in total. The van der Waals surface area contributed by atoms with Gasteiger partial charge in [-0.1, -0.05) is 19.8 Å². The molecule has 0 spiro atoms. The Bertz CT molecular complexity index is 34.0. The average Bonchev–Trinajstić information content (AvgIpc) is 1.72. The standard InChI is InChI=1S/C4H9O3.Cr.H2O/c5-1-4(2-6)3-7;;/h5-7H,1-3H2;;1H2/q-1;;. The van der Waals surface area contributed by atoms with Crippen LogP contribution in [0.1, 0.15) is 0 Å². The van der Waals surface area contributed by atoms with Crippen molar-refractivity contribution in [2.24, 2.45) is 0 Å². The molecular formula is C4H11CrO4-. The molecule has 0 saturated carbocycles. The van der Waals surface area contributed by atoms with Crippen LogP contribution in [0.5, 0.6) is 0 Å². The molecule has 0 atom stereocenters. The van der Waals surface area contributed by atoms with Gasteiger partial charge in [-0.05, 0) is 0 Å². The van der Waals surface area contributed by atoms with Crippen molar-refractivity contribution in [3.8, 4) is 0 Å². The van der Waals surface area contributed by atoms with Gasteiger partial charge in [0.15, 0.2) is 0 Å². The third-order valence-corrected chi connectivity index (χ3v) is 0.671. The molecule has 0 aliphatic heterocycles. The Morgan fingerprint density at radius 2 is 1.11 bits per heavy atom. The van der Waals surface area contributed by atoms with Gasteiger partial charge in [0.1, 0.15) is 0 Å². The maximum atomic E-state index is 8.17. The van der Waals surface area contributed by atoms with Crippen molar-refractivity contribution in [2.45, 2.75) is 0 Å². The van der Waals surface area contributed by atoms with E-state index < -0.39 is 0 Å². The zero-order valence-electron chi connectivity index (χ0n) is 4.87. The SMILES string of the molecule is O.OC[C-](CO)CO.[Cr]. The summed E-state index contributed by atoms with van der Waals surface area (Å²) in [5, 5.41) is 24.5. The van der Waals surface area contributed by atoms with Crippen LogP contribution in [0.3, 0.4) is 0 Å². The van der Waals surface area contributed by atoms with Crippen molar-refractivity contribution >= 4 is 0 Å². The van der Waals surface area contributed by atoms with Gasteiger partial charge in [0.25, 0.3) is 0 Å². The Morgan fingerprint density at radius 3 is 1.11 bits per heavy atom. The molecule has 0 bridgehead atoms. The van der Waals surface area contributed by atoms with Gasteiger partial charge in [-0.2, -0.15) is 0 Å². The Labute approximate surface area is 64.6 Å². The van der Waals surface area contributed by atoms with Crippen molar-refractivity contribution < 1.29 is 38.2 Å². The van der Waals surface area contributed by atoms with Crippen molar-refractivity contribution in [3.05, 3.63) is 5.92 Å². The van der Waals surface area contributed by atoms with Gasteiger partial charge in [0.2, 0.25) is 0 Å². The van der Waals surface area contributed by atoms with E-state index in [4.69, 9.17) is 15.3 Å². The van der Waals surface area contributed by atoms with Crippen molar-refractivity contribution in [1.82, 2.24) is 0 Å². The molecule has 0 saturated heterocycles. The van der Waals surface area contributed by atoms with E-state index in [2.05, 4.69) is 0 Å². The summed E-state index contributed by atoms with van der Waals surface area (Å²) >= 11 is 0. The van der Waals surface area contributed by atoms with Gasteiger partial charge in [-0.3, -0.25) is 0 Å². The van der Waals surface area contributed by atoms with Gasteiger partial charge in [-0.25, -0.2) is 5.92 Å². The topological polar surface area (TPSA) is 92.2 Å². The van der Waals surface area contributed by atoms with Crippen LogP contribution >= 0.6 is 0 Å². The van der Waals surface area contributed by atoms with Gasteiger partial charge in [0, 0.05) is 17.4 Å². The van der Waals surface area contributed by atoms with Gasteiger partial charge < -0.3 is 20.8 Å². The molecule has 0 heterocycles. The van der Waals surface area contributed by atoms with E-state index >= 15 is 0 Å². The molecule has 0 aromatic heterocycles. The summed E-state index contributed by atoms with van der Waals surface area (Å²) in [6, 6.07) is 0. The summed E-state index contributed by atoms with van der Waals surface area (Å²) in [5.41, 5.74) is 0. The van der Waals surface area contributed by atoms with Crippen LogP contribution in [0, 0.1) is 5.92 Å². The van der Waals surface area contributed by atoms with Gasteiger partial charge in [-0.15, -0.1) is 0 Å². The zero-order valence-corrected chi connectivity index (χ0v) is 6.15. The third-order valence-electron chi connectivity index (χ3n) is 0.671. The molecule has 0 aliphatic carbocycles. The normalized spacial score (nSPS) is 8.00. The van der Waals surface area contributed by atoms with E-state index in [1.165, 1.54) is 0 Å². The number of hydrogen-bond donors (Lipinski definition) is 3. The molecule has 0 amide bonds. The quantitative estimate of drug-likeness (QED) is 0.421. The summed E-state index contributed by atoms with van der Waals surface area (Å²) < 4.78 is 0.